The number of aryl methyl sites for hydroxylation is 2. The molecule has 2 aliphatic rings. The molecule has 1 fully saturated rings. The maximum atomic E-state index is 14.1. The lowest BCUT2D eigenvalue weighted by atomic mass is 10.2. The molecule has 0 bridgehead atoms. The minimum absolute atomic E-state index is 0.151. The summed E-state index contributed by atoms with van der Waals surface area (Å²) in [6, 6.07) is 7.02. The first-order valence-corrected chi connectivity index (χ1v) is 9.76. The Bertz CT molecular complexity index is 990. The number of para-hydroxylation sites is 1. The zero-order chi connectivity index (χ0) is 18.4. The number of halogens is 1. The molecule has 3 heterocycles. The summed E-state index contributed by atoms with van der Waals surface area (Å²) in [5, 5.41) is 4.70. The molecule has 0 atom stereocenters. The molecule has 6 nitrogen and oxygen atoms in total. The number of aromatic nitrogens is 4. The van der Waals surface area contributed by atoms with Crippen molar-refractivity contribution in [1.29, 1.82) is 0 Å². The van der Waals surface area contributed by atoms with Crippen LogP contribution in [0.4, 0.5) is 15.9 Å². The summed E-state index contributed by atoms with van der Waals surface area (Å²) in [5.41, 5.74) is 3.18. The third kappa shape index (κ3) is 2.72. The minimum Gasteiger partial charge on any atom is -0.366 e. The van der Waals surface area contributed by atoms with Crippen molar-refractivity contribution in [2.45, 2.75) is 32.6 Å². The summed E-state index contributed by atoms with van der Waals surface area (Å²) in [5.74, 6) is 2.53. The van der Waals surface area contributed by atoms with Gasteiger partial charge in [0, 0.05) is 38.2 Å². The predicted octanol–water partition coefficient (Wildman–Crippen LogP) is 2.64. The number of fused-ring (bicyclic) bond motifs is 2. The first kappa shape index (κ1) is 16.5. The number of benzene rings is 1. The summed E-state index contributed by atoms with van der Waals surface area (Å²) in [6.07, 6.45) is 4.00. The predicted molar refractivity (Wildman–Crippen MR) is 103 cm³/mol. The maximum absolute atomic E-state index is 14.1. The molecule has 27 heavy (non-hydrogen) atoms. The van der Waals surface area contributed by atoms with E-state index in [1.165, 1.54) is 17.3 Å². The Balaban J connectivity index is 1.48. The van der Waals surface area contributed by atoms with Gasteiger partial charge in [-0.2, -0.15) is 9.50 Å². The van der Waals surface area contributed by atoms with Crippen LogP contribution >= 0.6 is 0 Å². The average Bonchev–Trinajstić information content (AvgIpc) is 3.33. The highest BCUT2D eigenvalue weighted by molar-refractivity contribution is 5.58. The summed E-state index contributed by atoms with van der Waals surface area (Å²) >= 11 is 0. The number of nitrogens with zero attached hydrogens (tertiary/aromatic N) is 6. The van der Waals surface area contributed by atoms with Gasteiger partial charge in [-0.3, -0.25) is 0 Å². The van der Waals surface area contributed by atoms with Crippen LogP contribution in [0.25, 0.3) is 5.78 Å². The van der Waals surface area contributed by atoms with Gasteiger partial charge in [-0.05, 0) is 31.4 Å². The molecule has 2 aromatic heterocycles. The maximum Gasteiger partial charge on any atom is 0.254 e. The Morgan fingerprint density at radius 2 is 1.78 bits per heavy atom. The van der Waals surface area contributed by atoms with Crippen LogP contribution in [0.3, 0.4) is 0 Å². The second kappa shape index (κ2) is 6.48. The molecule has 0 N–H and O–H groups in total. The summed E-state index contributed by atoms with van der Waals surface area (Å²) in [7, 11) is 0. The molecule has 0 amide bonds. The molecular weight excluding hydrogens is 343 g/mol. The number of anilines is 2. The number of hydrogen-bond acceptors (Lipinski definition) is 5. The van der Waals surface area contributed by atoms with Gasteiger partial charge in [0.1, 0.15) is 11.6 Å². The summed E-state index contributed by atoms with van der Waals surface area (Å²) in [6.45, 7) is 5.31. The van der Waals surface area contributed by atoms with E-state index in [9.17, 15) is 4.39 Å². The molecule has 0 radical (unpaired) electrons. The van der Waals surface area contributed by atoms with Crippen molar-refractivity contribution in [2.24, 2.45) is 0 Å². The molecule has 140 valence electrons. The Labute approximate surface area is 157 Å². The fraction of sp³-hybridized carbons (Fsp3) is 0.450. The number of hydrogen-bond donors (Lipinski definition) is 0. The second-order valence-electron chi connectivity index (χ2n) is 7.23. The second-order valence-corrected chi connectivity index (χ2v) is 7.23. The van der Waals surface area contributed by atoms with E-state index in [1.807, 2.05) is 16.6 Å². The lowest BCUT2D eigenvalue weighted by Crippen LogP contribution is -2.47. The Morgan fingerprint density at radius 1 is 1.00 bits per heavy atom. The largest absolute Gasteiger partial charge is 0.366 e. The topological polar surface area (TPSA) is 49.6 Å². The minimum atomic E-state index is -0.151. The molecule has 1 aliphatic carbocycles. The quantitative estimate of drug-likeness (QED) is 0.713. The van der Waals surface area contributed by atoms with Crippen LogP contribution in [0.1, 0.15) is 30.4 Å². The smallest absolute Gasteiger partial charge is 0.254 e. The van der Waals surface area contributed by atoms with Crippen LogP contribution < -0.4 is 9.80 Å². The molecule has 7 heteroatoms. The highest BCUT2D eigenvalue weighted by Gasteiger charge is 2.28. The lowest BCUT2D eigenvalue weighted by Gasteiger charge is -2.38. The molecule has 1 aromatic carbocycles. The van der Waals surface area contributed by atoms with Crippen LogP contribution in [-0.4, -0.2) is 45.8 Å². The standard InChI is InChI=1S/C20H23FN6/c1-2-18-23-20-22-16-8-5-6-14(16)19(27(20)24-18)26-12-10-25(11-13-26)17-9-4-3-7-15(17)21/h3-4,7,9H,2,5-6,8,10-13H2,1H3. The van der Waals surface area contributed by atoms with Crippen LogP contribution in [0, 0.1) is 5.82 Å². The van der Waals surface area contributed by atoms with Gasteiger partial charge in [-0.15, -0.1) is 5.10 Å². The van der Waals surface area contributed by atoms with E-state index in [2.05, 4.69) is 21.7 Å². The van der Waals surface area contributed by atoms with Crippen molar-refractivity contribution in [3.63, 3.8) is 0 Å². The average molecular weight is 366 g/mol. The third-order valence-corrected chi connectivity index (χ3v) is 5.62. The number of piperazine rings is 1. The molecule has 1 aliphatic heterocycles. The molecule has 5 rings (SSSR count). The van der Waals surface area contributed by atoms with Gasteiger partial charge in [0.15, 0.2) is 5.82 Å². The van der Waals surface area contributed by atoms with Crippen LogP contribution in [-0.2, 0) is 19.3 Å². The first-order chi connectivity index (χ1) is 13.2. The molecule has 3 aromatic rings. The Morgan fingerprint density at radius 3 is 2.56 bits per heavy atom. The van der Waals surface area contributed by atoms with Gasteiger partial charge in [-0.1, -0.05) is 19.1 Å². The fourth-order valence-corrected chi connectivity index (χ4v) is 4.24. The van der Waals surface area contributed by atoms with E-state index in [0.29, 0.717) is 11.5 Å². The van der Waals surface area contributed by atoms with Crippen molar-refractivity contribution in [3.05, 3.63) is 47.2 Å². The highest BCUT2D eigenvalue weighted by Crippen LogP contribution is 2.32. The normalized spacial score (nSPS) is 17.0. The zero-order valence-electron chi connectivity index (χ0n) is 15.5. The van der Waals surface area contributed by atoms with Crippen LogP contribution in [0.2, 0.25) is 0 Å². The van der Waals surface area contributed by atoms with E-state index in [4.69, 9.17) is 10.1 Å². The molecule has 0 saturated carbocycles. The van der Waals surface area contributed by atoms with Gasteiger partial charge in [0.2, 0.25) is 0 Å². The molecular formula is C20H23FN6. The lowest BCUT2D eigenvalue weighted by molar-refractivity contribution is 0.592. The van der Waals surface area contributed by atoms with Gasteiger partial charge in [0.25, 0.3) is 5.78 Å². The monoisotopic (exact) mass is 366 g/mol. The Kier molecular flexibility index (Phi) is 3.95. The molecule has 1 saturated heterocycles. The zero-order valence-corrected chi connectivity index (χ0v) is 15.5. The van der Waals surface area contributed by atoms with Crippen molar-refractivity contribution in [1.82, 2.24) is 19.6 Å². The highest BCUT2D eigenvalue weighted by atomic mass is 19.1. The summed E-state index contributed by atoms with van der Waals surface area (Å²) < 4.78 is 16.1. The van der Waals surface area contributed by atoms with Gasteiger partial charge < -0.3 is 9.80 Å². The van der Waals surface area contributed by atoms with E-state index in [0.717, 1.165) is 63.5 Å². The Hall–Kier alpha value is -2.70. The molecule has 0 unspecified atom stereocenters. The number of rotatable bonds is 3. The van der Waals surface area contributed by atoms with E-state index in [-0.39, 0.29) is 5.82 Å². The van der Waals surface area contributed by atoms with E-state index in [1.54, 1.807) is 6.07 Å². The SMILES string of the molecule is CCc1nc2nc3c(c(N4CCN(c5ccccc5F)CC4)n2n1)CCC3. The van der Waals surface area contributed by atoms with Crippen molar-refractivity contribution < 1.29 is 4.39 Å². The van der Waals surface area contributed by atoms with Crippen LogP contribution in [0.5, 0.6) is 0 Å². The van der Waals surface area contributed by atoms with Gasteiger partial charge in [0.05, 0.1) is 11.4 Å². The third-order valence-electron chi connectivity index (χ3n) is 5.62. The summed E-state index contributed by atoms with van der Waals surface area (Å²) in [4.78, 5) is 13.9. The first-order valence-electron chi connectivity index (χ1n) is 9.76. The van der Waals surface area contributed by atoms with Crippen LogP contribution in [0.15, 0.2) is 24.3 Å². The molecule has 0 spiro atoms. The van der Waals surface area contributed by atoms with Gasteiger partial charge >= 0.3 is 0 Å². The van der Waals surface area contributed by atoms with E-state index < -0.39 is 0 Å². The van der Waals surface area contributed by atoms with Gasteiger partial charge in [-0.25, -0.2) is 9.37 Å². The van der Waals surface area contributed by atoms with Crippen molar-refractivity contribution in [2.75, 3.05) is 36.0 Å². The fourth-order valence-electron chi connectivity index (χ4n) is 4.24. The van der Waals surface area contributed by atoms with E-state index >= 15 is 0 Å². The van der Waals surface area contributed by atoms with Crippen molar-refractivity contribution >= 4 is 17.3 Å². The van der Waals surface area contributed by atoms with Crippen molar-refractivity contribution in [3.8, 4) is 0 Å².